The van der Waals surface area contributed by atoms with Crippen molar-refractivity contribution in [1.82, 2.24) is 15.3 Å². The Morgan fingerprint density at radius 3 is 2.39 bits per heavy atom. The average molecular weight is 411 g/mol. The van der Waals surface area contributed by atoms with Crippen molar-refractivity contribution in [2.45, 2.75) is 6.04 Å². The first-order valence-electron chi connectivity index (χ1n) is 9.80. The van der Waals surface area contributed by atoms with Gasteiger partial charge in [0, 0.05) is 53.4 Å². The number of nitrogens with one attached hydrogen (secondary N) is 2. The van der Waals surface area contributed by atoms with Crippen LogP contribution in [0.1, 0.15) is 32.3 Å². The van der Waals surface area contributed by atoms with Gasteiger partial charge in [-0.05, 0) is 54.1 Å². The maximum absolute atomic E-state index is 12.5. The molecule has 154 valence electrons. The number of fused-ring (bicyclic) bond motifs is 1. The second-order valence-corrected chi connectivity index (χ2v) is 7.04. The zero-order valence-corrected chi connectivity index (χ0v) is 16.7. The number of carbonyl (C=O) groups excluding carboxylic acids is 2. The summed E-state index contributed by atoms with van der Waals surface area (Å²) in [5.74, 6) is -0.417. The van der Waals surface area contributed by atoms with Crippen molar-refractivity contribution in [3.05, 3.63) is 102 Å². The molecule has 2 aromatic heterocycles. The van der Waals surface area contributed by atoms with Gasteiger partial charge in [-0.2, -0.15) is 0 Å². The van der Waals surface area contributed by atoms with E-state index in [2.05, 4.69) is 20.6 Å². The van der Waals surface area contributed by atoms with E-state index in [-0.39, 0.29) is 18.4 Å². The third kappa shape index (κ3) is 4.91. The number of nitrogens with zero attached hydrogens (tertiary/aromatic N) is 2. The van der Waals surface area contributed by atoms with E-state index in [0.717, 1.165) is 16.5 Å². The lowest BCUT2D eigenvalue weighted by atomic mass is 10.0. The Morgan fingerprint density at radius 1 is 0.871 bits per heavy atom. The number of hydrogen-bond donors (Lipinski definition) is 3. The van der Waals surface area contributed by atoms with E-state index in [4.69, 9.17) is 5.73 Å². The molecule has 31 heavy (non-hydrogen) atoms. The summed E-state index contributed by atoms with van der Waals surface area (Å²) in [5, 5.41) is 6.57. The SMILES string of the molecule is NC(CNC(=O)c1ccc2ncccc2c1)c1ccc(C(=O)Nc2ccncc2)cc1. The monoisotopic (exact) mass is 411 g/mol. The molecule has 7 nitrogen and oxygen atoms in total. The Morgan fingerprint density at radius 2 is 1.61 bits per heavy atom. The Kier molecular flexibility index (Phi) is 5.96. The van der Waals surface area contributed by atoms with E-state index in [0.29, 0.717) is 16.8 Å². The maximum Gasteiger partial charge on any atom is 0.255 e. The number of anilines is 1. The minimum absolute atomic E-state index is 0.199. The van der Waals surface area contributed by atoms with E-state index in [1.54, 1.807) is 67.1 Å². The zero-order chi connectivity index (χ0) is 21.6. The average Bonchev–Trinajstić information content (AvgIpc) is 2.82. The first-order chi connectivity index (χ1) is 15.1. The van der Waals surface area contributed by atoms with Gasteiger partial charge in [0.2, 0.25) is 0 Å². The molecule has 1 unspecified atom stereocenters. The molecule has 1 atom stereocenters. The first kappa shape index (κ1) is 20.2. The summed E-state index contributed by atoms with van der Waals surface area (Å²) in [6, 6.07) is 19.2. The van der Waals surface area contributed by atoms with Gasteiger partial charge < -0.3 is 16.4 Å². The highest BCUT2D eigenvalue weighted by atomic mass is 16.2. The molecule has 0 aliphatic heterocycles. The van der Waals surface area contributed by atoms with E-state index in [9.17, 15) is 9.59 Å². The number of nitrogens with two attached hydrogens (primary N) is 1. The lowest BCUT2D eigenvalue weighted by Crippen LogP contribution is -2.31. The summed E-state index contributed by atoms with van der Waals surface area (Å²) in [5.41, 5.74) is 9.63. The molecule has 0 aliphatic carbocycles. The van der Waals surface area contributed by atoms with Crippen molar-refractivity contribution < 1.29 is 9.59 Å². The Labute approximate surface area is 179 Å². The fraction of sp³-hybridized carbons (Fsp3) is 0.0833. The Balaban J connectivity index is 1.35. The van der Waals surface area contributed by atoms with Crippen molar-refractivity contribution in [2.24, 2.45) is 5.73 Å². The number of amides is 2. The smallest absolute Gasteiger partial charge is 0.255 e. The lowest BCUT2D eigenvalue weighted by molar-refractivity contribution is 0.0950. The molecule has 0 saturated carbocycles. The fourth-order valence-electron chi connectivity index (χ4n) is 3.16. The van der Waals surface area contributed by atoms with Crippen molar-refractivity contribution in [2.75, 3.05) is 11.9 Å². The van der Waals surface area contributed by atoms with E-state index < -0.39 is 6.04 Å². The van der Waals surface area contributed by atoms with Crippen LogP contribution in [-0.2, 0) is 0 Å². The summed E-state index contributed by atoms with van der Waals surface area (Å²) in [6.45, 7) is 0.270. The van der Waals surface area contributed by atoms with Crippen LogP contribution in [0.15, 0.2) is 85.3 Å². The summed E-state index contributed by atoms with van der Waals surface area (Å²) >= 11 is 0. The molecule has 4 aromatic rings. The van der Waals surface area contributed by atoms with Crippen LogP contribution in [0.4, 0.5) is 5.69 Å². The summed E-state index contributed by atoms with van der Waals surface area (Å²) < 4.78 is 0. The van der Waals surface area contributed by atoms with Gasteiger partial charge in [0.15, 0.2) is 0 Å². The molecule has 7 heteroatoms. The molecule has 0 fully saturated rings. The van der Waals surface area contributed by atoms with Crippen LogP contribution in [0.2, 0.25) is 0 Å². The topological polar surface area (TPSA) is 110 Å². The lowest BCUT2D eigenvalue weighted by Gasteiger charge is -2.14. The molecule has 0 radical (unpaired) electrons. The number of hydrogen-bond acceptors (Lipinski definition) is 5. The van der Waals surface area contributed by atoms with Crippen LogP contribution in [-0.4, -0.2) is 28.3 Å². The van der Waals surface area contributed by atoms with E-state index in [1.165, 1.54) is 0 Å². The molecule has 0 bridgehead atoms. The van der Waals surface area contributed by atoms with Gasteiger partial charge in [-0.3, -0.25) is 19.6 Å². The highest BCUT2D eigenvalue weighted by Gasteiger charge is 2.12. The highest BCUT2D eigenvalue weighted by molar-refractivity contribution is 6.04. The third-order valence-corrected chi connectivity index (χ3v) is 4.89. The number of benzene rings is 2. The summed E-state index contributed by atoms with van der Waals surface area (Å²) in [6.07, 6.45) is 4.94. The number of carbonyl (C=O) groups is 2. The molecule has 2 heterocycles. The first-order valence-corrected chi connectivity index (χ1v) is 9.80. The van der Waals surface area contributed by atoms with E-state index in [1.807, 2.05) is 18.2 Å². The predicted octanol–water partition coefficient (Wildman–Crippen LogP) is 3.31. The molecule has 4 N–H and O–H groups in total. The Bertz CT molecular complexity index is 1210. The Hall–Kier alpha value is -4.10. The molecular weight excluding hydrogens is 390 g/mol. The summed E-state index contributed by atoms with van der Waals surface area (Å²) in [4.78, 5) is 33.0. The van der Waals surface area contributed by atoms with Crippen LogP contribution < -0.4 is 16.4 Å². The molecule has 0 spiro atoms. The van der Waals surface area contributed by atoms with Crippen LogP contribution >= 0.6 is 0 Å². The van der Waals surface area contributed by atoms with Crippen molar-refractivity contribution >= 4 is 28.4 Å². The molecular formula is C24H21N5O2. The second-order valence-electron chi connectivity index (χ2n) is 7.04. The standard InChI is InChI=1S/C24H21N5O2/c25-21(15-28-23(30)19-7-8-22-18(14-19)2-1-11-27-22)16-3-5-17(6-4-16)24(31)29-20-9-12-26-13-10-20/h1-14,21H,15,25H2,(H,28,30)(H,26,29,31). The van der Waals surface area contributed by atoms with Gasteiger partial charge in [-0.25, -0.2) is 0 Å². The van der Waals surface area contributed by atoms with Gasteiger partial charge in [0.05, 0.1) is 5.52 Å². The molecule has 2 aromatic carbocycles. The van der Waals surface area contributed by atoms with Crippen molar-refractivity contribution in [3.8, 4) is 0 Å². The van der Waals surface area contributed by atoms with Crippen LogP contribution in [0.3, 0.4) is 0 Å². The van der Waals surface area contributed by atoms with Gasteiger partial charge in [0.1, 0.15) is 0 Å². The maximum atomic E-state index is 12.5. The quantitative estimate of drug-likeness (QED) is 0.451. The van der Waals surface area contributed by atoms with Gasteiger partial charge in [-0.15, -0.1) is 0 Å². The van der Waals surface area contributed by atoms with Crippen LogP contribution in [0.25, 0.3) is 10.9 Å². The zero-order valence-electron chi connectivity index (χ0n) is 16.7. The number of pyridine rings is 2. The largest absolute Gasteiger partial charge is 0.350 e. The fourth-order valence-corrected chi connectivity index (χ4v) is 3.16. The van der Waals surface area contributed by atoms with Gasteiger partial charge in [0.25, 0.3) is 11.8 Å². The number of rotatable bonds is 6. The van der Waals surface area contributed by atoms with E-state index >= 15 is 0 Å². The number of aromatic nitrogens is 2. The minimum atomic E-state index is -0.400. The van der Waals surface area contributed by atoms with Crippen LogP contribution in [0.5, 0.6) is 0 Å². The van der Waals surface area contributed by atoms with Crippen molar-refractivity contribution in [1.29, 1.82) is 0 Å². The molecule has 2 amide bonds. The molecule has 4 rings (SSSR count). The van der Waals surface area contributed by atoms with Gasteiger partial charge in [-0.1, -0.05) is 18.2 Å². The third-order valence-electron chi connectivity index (χ3n) is 4.89. The minimum Gasteiger partial charge on any atom is -0.350 e. The molecule has 0 saturated heterocycles. The predicted molar refractivity (Wildman–Crippen MR) is 120 cm³/mol. The summed E-state index contributed by atoms with van der Waals surface area (Å²) in [7, 11) is 0. The highest BCUT2D eigenvalue weighted by Crippen LogP contribution is 2.15. The normalized spacial score (nSPS) is 11.6. The van der Waals surface area contributed by atoms with Crippen molar-refractivity contribution in [3.63, 3.8) is 0 Å². The van der Waals surface area contributed by atoms with Gasteiger partial charge >= 0.3 is 0 Å². The second kappa shape index (κ2) is 9.15. The molecule has 0 aliphatic rings. The van der Waals surface area contributed by atoms with Crippen LogP contribution in [0, 0.1) is 0 Å².